The minimum Gasteiger partial charge on any atom is -0.494 e. The summed E-state index contributed by atoms with van der Waals surface area (Å²) in [5.41, 5.74) is 1.14. The molecule has 0 radical (unpaired) electrons. The molecule has 1 aliphatic heterocycles. The first-order valence-corrected chi connectivity index (χ1v) is 6.87. The van der Waals surface area contributed by atoms with Gasteiger partial charge in [0.2, 0.25) is 5.91 Å². The van der Waals surface area contributed by atoms with Crippen LogP contribution in [0.5, 0.6) is 5.75 Å². The first-order chi connectivity index (χ1) is 9.74. The van der Waals surface area contributed by atoms with Crippen molar-refractivity contribution in [2.45, 2.75) is 13.3 Å². The van der Waals surface area contributed by atoms with E-state index in [0.717, 1.165) is 24.5 Å². The van der Waals surface area contributed by atoms with Gasteiger partial charge in [0, 0.05) is 31.9 Å². The summed E-state index contributed by atoms with van der Waals surface area (Å²) in [6, 6.07) is 9.91. The SMILES string of the molecule is CCOc1ccc(N2CCN(C(=O)CC#N)CC2)cc1. The molecule has 1 heterocycles. The molecule has 0 bridgehead atoms. The van der Waals surface area contributed by atoms with E-state index >= 15 is 0 Å². The minimum atomic E-state index is -0.0705. The van der Waals surface area contributed by atoms with Gasteiger partial charge in [0.25, 0.3) is 0 Å². The third-order valence-electron chi connectivity index (χ3n) is 3.38. The highest BCUT2D eigenvalue weighted by Gasteiger charge is 2.20. The zero-order valence-corrected chi connectivity index (χ0v) is 11.7. The molecule has 1 aromatic carbocycles. The number of anilines is 1. The van der Waals surface area contributed by atoms with E-state index in [9.17, 15) is 4.79 Å². The van der Waals surface area contributed by atoms with Crippen LogP contribution in [-0.2, 0) is 4.79 Å². The second-order valence-electron chi connectivity index (χ2n) is 4.63. The molecular formula is C15H19N3O2. The average Bonchev–Trinajstić information content (AvgIpc) is 2.49. The fourth-order valence-electron chi connectivity index (χ4n) is 2.31. The number of benzene rings is 1. The van der Waals surface area contributed by atoms with E-state index in [4.69, 9.17) is 10.00 Å². The molecule has 1 aliphatic rings. The van der Waals surface area contributed by atoms with Crippen molar-refractivity contribution in [3.8, 4) is 11.8 Å². The Kier molecular flexibility index (Phi) is 4.83. The largest absolute Gasteiger partial charge is 0.494 e. The van der Waals surface area contributed by atoms with Gasteiger partial charge in [-0.1, -0.05) is 0 Å². The molecule has 0 aromatic heterocycles. The maximum Gasteiger partial charge on any atom is 0.236 e. The number of rotatable bonds is 4. The lowest BCUT2D eigenvalue weighted by Gasteiger charge is -2.35. The number of carbonyl (C=O) groups excluding carboxylic acids is 1. The normalized spacial score (nSPS) is 14.8. The van der Waals surface area contributed by atoms with Gasteiger partial charge < -0.3 is 14.5 Å². The molecule has 1 fully saturated rings. The molecule has 0 atom stereocenters. The average molecular weight is 273 g/mol. The lowest BCUT2D eigenvalue weighted by Crippen LogP contribution is -2.48. The van der Waals surface area contributed by atoms with E-state index in [1.165, 1.54) is 0 Å². The van der Waals surface area contributed by atoms with Crippen molar-refractivity contribution < 1.29 is 9.53 Å². The predicted octanol–water partition coefficient (Wildman–Crippen LogP) is 1.65. The third-order valence-corrected chi connectivity index (χ3v) is 3.38. The van der Waals surface area contributed by atoms with Gasteiger partial charge in [-0.2, -0.15) is 5.26 Å². The number of piperazine rings is 1. The van der Waals surface area contributed by atoms with E-state index in [1.54, 1.807) is 4.90 Å². The number of nitriles is 1. The van der Waals surface area contributed by atoms with Gasteiger partial charge in [0.15, 0.2) is 0 Å². The summed E-state index contributed by atoms with van der Waals surface area (Å²) in [6.45, 7) is 5.57. The van der Waals surface area contributed by atoms with Crippen molar-refractivity contribution >= 4 is 11.6 Å². The first kappa shape index (κ1) is 14.2. The maximum atomic E-state index is 11.6. The number of hydrogen-bond acceptors (Lipinski definition) is 4. The van der Waals surface area contributed by atoms with E-state index < -0.39 is 0 Å². The number of ether oxygens (including phenoxy) is 1. The smallest absolute Gasteiger partial charge is 0.236 e. The summed E-state index contributed by atoms with van der Waals surface area (Å²) >= 11 is 0. The molecule has 0 saturated carbocycles. The minimum absolute atomic E-state index is 0.0247. The van der Waals surface area contributed by atoms with Crippen molar-refractivity contribution in [3.05, 3.63) is 24.3 Å². The Morgan fingerprint density at radius 2 is 1.90 bits per heavy atom. The molecule has 1 amide bonds. The van der Waals surface area contributed by atoms with Crippen LogP contribution in [0.4, 0.5) is 5.69 Å². The van der Waals surface area contributed by atoms with Crippen LogP contribution in [0.1, 0.15) is 13.3 Å². The molecule has 106 valence electrons. The summed E-state index contributed by atoms with van der Waals surface area (Å²) in [5, 5.41) is 8.55. The monoisotopic (exact) mass is 273 g/mol. The lowest BCUT2D eigenvalue weighted by molar-refractivity contribution is -0.130. The summed E-state index contributed by atoms with van der Waals surface area (Å²) in [5.74, 6) is 0.804. The van der Waals surface area contributed by atoms with Gasteiger partial charge >= 0.3 is 0 Å². The summed E-state index contributed by atoms with van der Waals surface area (Å²) < 4.78 is 5.42. The van der Waals surface area contributed by atoms with Gasteiger partial charge in [0.1, 0.15) is 12.2 Å². The maximum absolute atomic E-state index is 11.6. The van der Waals surface area contributed by atoms with Crippen LogP contribution in [0.25, 0.3) is 0 Å². The third kappa shape index (κ3) is 3.41. The van der Waals surface area contributed by atoms with Crippen LogP contribution in [0.2, 0.25) is 0 Å². The second kappa shape index (κ2) is 6.80. The number of amides is 1. The molecule has 5 nitrogen and oxygen atoms in total. The van der Waals surface area contributed by atoms with E-state index in [1.807, 2.05) is 37.3 Å². The van der Waals surface area contributed by atoms with Gasteiger partial charge in [-0.05, 0) is 31.2 Å². The molecule has 2 rings (SSSR count). The van der Waals surface area contributed by atoms with E-state index in [-0.39, 0.29) is 12.3 Å². The number of hydrogen-bond donors (Lipinski definition) is 0. The molecule has 1 aromatic rings. The molecule has 5 heteroatoms. The molecule has 1 saturated heterocycles. The highest BCUT2D eigenvalue weighted by atomic mass is 16.5. The van der Waals surface area contributed by atoms with Crippen LogP contribution in [0, 0.1) is 11.3 Å². The second-order valence-corrected chi connectivity index (χ2v) is 4.63. The fourth-order valence-corrected chi connectivity index (χ4v) is 2.31. The number of nitrogens with zero attached hydrogens (tertiary/aromatic N) is 3. The van der Waals surface area contributed by atoms with E-state index in [0.29, 0.717) is 19.7 Å². The summed E-state index contributed by atoms with van der Waals surface area (Å²) in [4.78, 5) is 15.6. The highest BCUT2D eigenvalue weighted by molar-refractivity contribution is 5.78. The Morgan fingerprint density at radius 1 is 1.25 bits per heavy atom. The van der Waals surface area contributed by atoms with Crippen LogP contribution >= 0.6 is 0 Å². The summed E-state index contributed by atoms with van der Waals surface area (Å²) in [7, 11) is 0. The van der Waals surface area contributed by atoms with Gasteiger partial charge in [-0.3, -0.25) is 4.79 Å². The van der Waals surface area contributed by atoms with Crippen molar-refractivity contribution in [3.63, 3.8) is 0 Å². The Balaban J connectivity index is 1.90. The number of carbonyl (C=O) groups is 1. The van der Waals surface area contributed by atoms with Gasteiger partial charge in [-0.15, -0.1) is 0 Å². The van der Waals surface area contributed by atoms with Crippen LogP contribution in [0.15, 0.2) is 24.3 Å². The molecule has 0 N–H and O–H groups in total. The standard InChI is InChI=1S/C15H19N3O2/c1-2-20-14-5-3-13(4-6-14)17-9-11-18(12-10-17)15(19)7-8-16/h3-6H,2,7,9-12H2,1H3. The molecule has 0 aliphatic carbocycles. The molecule has 20 heavy (non-hydrogen) atoms. The van der Waals surface area contributed by atoms with Crippen LogP contribution < -0.4 is 9.64 Å². The Hall–Kier alpha value is -2.22. The topological polar surface area (TPSA) is 56.6 Å². The lowest BCUT2D eigenvalue weighted by atomic mass is 10.2. The zero-order chi connectivity index (χ0) is 14.4. The van der Waals surface area contributed by atoms with E-state index in [2.05, 4.69) is 4.90 Å². The molecular weight excluding hydrogens is 254 g/mol. The predicted molar refractivity (Wildman–Crippen MR) is 76.6 cm³/mol. The highest BCUT2D eigenvalue weighted by Crippen LogP contribution is 2.20. The van der Waals surface area contributed by atoms with Crippen LogP contribution in [-0.4, -0.2) is 43.6 Å². The van der Waals surface area contributed by atoms with Crippen LogP contribution in [0.3, 0.4) is 0 Å². The Labute approximate surface area is 119 Å². The van der Waals surface area contributed by atoms with Crippen molar-refractivity contribution in [2.75, 3.05) is 37.7 Å². The molecule has 0 spiro atoms. The quantitative estimate of drug-likeness (QED) is 0.837. The van der Waals surface area contributed by atoms with Gasteiger partial charge in [-0.25, -0.2) is 0 Å². The summed E-state index contributed by atoms with van der Waals surface area (Å²) in [6.07, 6.45) is -0.0247. The van der Waals surface area contributed by atoms with Crippen molar-refractivity contribution in [2.24, 2.45) is 0 Å². The van der Waals surface area contributed by atoms with Gasteiger partial charge in [0.05, 0.1) is 12.7 Å². The zero-order valence-electron chi connectivity index (χ0n) is 11.7. The molecule has 0 unspecified atom stereocenters. The Morgan fingerprint density at radius 3 is 2.45 bits per heavy atom. The first-order valence-electron chi connectivity index (χ1n) is 6.87. The van der Waals surface area contributed by atoms with Crippen molar-refractivity contribution in [1.82, 2.24) is 4.90 Å². The van der Waals surface area contributed by atoms with Crippen molar-refractivity contribution in [1.29, 1.82) is 5.26 Å². The Bertz CT molecular complexity index is 485. The fraction of sp³-hybridized carbons (Fsp3) is 0.467.